The molecule has 5 fully saturated rings. The Balaban J connectivity index is 1.06. The van der Waals surface area contributed by atoms with Crippen molar-refractivity contribution in [2.45, 2.75) is 272 Å². The van der Waals surface area contributed by atoms with Crippen LogP contribution in [0.3, 0.4) is 0 Å². The van der Waals surface area contributed by atoms with Crippen molar-refractivity contribution in [1.82, 2.24) is 19.9 Å². The van der Waals surface area contributed by atoms with Gasteiger partial charge in [0.2, 0.25) is 18.0 Å². The van der Waals surface area contributed by atoms with Crippen LogP contribution in [-0.4, -0.2) is 221 Å². The second-order valence-electron chi connectivity index (χ2n) is 26.6. The molecule has 32 heteroatoms. The summed E-state index contributed by atoms with van der Waals surface area (Å²) >= 11 is 13.4. The summed E-state index contributed by atoms with van der Waals surface area (Å²) in [5, 5.41) is 7.67. The first kappa shape index (κ1) is 79.7. The van der Waals surface area contributed by atoms with Crippen molar-refractivity contribution in [1.29, 1.82) is 0 Å². The minimum atomic E-state index is -1.94. The molecule has 5 aliphatic heterocycles. The zero-order chi connectivity index (χ0) is 72.5. The van der Waals surface area contributed by atoms with E-state index in [0.29, 0.717) is 12.8 Å². The van der Waals surface area contributed by atoms with Crippen LogP contribution in [0.1, 0.15) is 143 Å². The number of carbonyl (C=O) groups is 9. The van der Waals surface area contributed by atoms with Crippen molar-refractivity contribution in [2.75, 3.05) is 25.7 Å². The molecule has 0 N–H and O–H groups in total. The molecule has 1 aliphatic carbocycles. The Bertz CT molecular complexity index is 2990. The van der Waals surface area contributed by atoms with Gasteiger partial charge in [-0.25, -0.2) is 4.68 Å². The Labute approximate surface area is 581 Å². The van der Waals surface area contributed by atoms with Crippen LogP contribution in [0.2, 0.25) is 0 Å². The SMILES string of the molecule is CC[C@H]1O[C@@H](O[C@]2(CCl)O[C@H](Cn3cc(CO[C@@H]4OC(COC(C)=O)[C@@H](O[C@H]5OC(COC(C)=O)[C@@H](O[C@H]6OC(C)[C@@H](N(C(C)=O)[C@H]7C=C(COC(C)=O)[C@@H](C)[C@H](C)[C@H]7OC(C)=O)CC6C)[C@H](C)C5C)[C@H](C)C4OC(C)=O)nn3)[C@@H](C)[C@@H]2OC(C)=O)[C@H](OC(C)=O)[C@@H](OC(C)=O)[C@H]1Cl. The number of carbonyl (C=O) groups excluding carboxylic acids is 9. The van der Waals surface area contributed by atoms with Gasteiger partial charge < -0.3 is 85.4 Å². The molecule has 7 rings (SSSR count). The molecule has 6 unspecified atom stereocenters. The fourth-order valence-corrected chi connectivity index (χ4v) is 14.6. The summed E-state index contributed by atoms with van der Waals surface area (Å²) < 4.78 is 106. The lowest BCUT2D eigenvalue weighted by molar-refractivity contribution is -0.358. The highest BCUT2D eigenvalue weighted by Gasteiger charge is 2.61. The first-order valence-electron chi connectivity index (χ1n) is 33.3. The smallest absolute Gasteiger partial charge is 0.303 e. The van der Waals surface area contributed by atoms with E-state index in [1.54, 1.807) is 31.9 Å². The van der Waals surface area contributed by atoms with Gasteiger partial charge in [0.05, 0.1) is 67.8 Å². The number of amides is 1. The van der Waals surface area contributed by atoms with Gasteiger partial charge in [-0.1, -0.05) is 66.7 Å². The van der Waals surface area contributed by atoms with E-state index in [0.717, 1.165) is 12.5 Å². The third kappa shape index (κ3) is 19.5. The Morgan fingerprint density at radius 1 is 0.571 bits per heavy atom. The zero-order valence-corrected chi connectivity index (χ0v) is 60.5. The Kier molecular flexibility index (Phi) is 28.3. The highest BCUT2D eigenvalue weighted by atomic mass is 35.5. The average molecular weight is 1430 g/mol. The number of hydrogen-bond acceptors (Lipinski definition) is 28. The van der Waals surface area contributed by atoms with E-state index in [1.807, 2.05) is 47.6 Å². The largest absolute Gasteiger partial charge is 0.463 e. The summed E-state index contributed by atoms with van der Waals surface area (Å²) in [5.41, 5.74) is 1.06. The summed E-state index contributed by atoms with van der Waals surface area (Å²) in [6.07, 6.45) is -12.3. The van der Waals surface area contributed by atoms with E-state index >= 15 is 0 Å². The first-order chi connectivity index (χ1) is 46.1. The van der Waals surface area contributed by atoms with Gasteiger partial charge in [-0.05, 0) is 37.2 Å². The van der Waals surface area contributed by atoms with E-state index in [1.165, 1.54) is 60.1 Å². The van der Waals surface area contributed by atoms with Crippen LogP contribution in [0.25, 0.3) is 0 Å². The monoisotopic (exact) mass is 1430 g/mol. The summed E-state index contributed by atoms with van der Waals surface area (Å²) in [7, 11) is 0. The molecule has 0 spiro atoms. The third-order valence-electron chi connectivity index (χ3n) is 19.2. The van der Waals surface area contributed by atoms with Crippen molar-refractivity contribution in [3.63, 3.8) is 0 Å². The third-order valence-corrected chi connectivity index (χ3v) is 20.1. The molecule has 5 saturated heterocycles. The predicted octanol–water partition coefficient (Wildman–Crippen LogP) is 5.57. The number of rotatable bonds is 26. The molecule has 98 heavy (non-hydrogen) atoms. The second-order valence-corrected chi connectivity index (χ2v) is 27.4. The molecule has 0 bridgehead atoms. The van der Waals surface area contributed by atoms with Crippen molar-refractivity contribution >= 4 is 76.9 Å². The van der Waals surface area contributed by atoms with Gasteiger partial charge in [0.1, 0.15) is 49.2 Å². The lowest BCUT2D eigenvalue weighted by Crippen LogP contribution is -2.62. The summed E-state index contributed by atoms with van der Waals surface area (Å²) in [6, 6.07) is -1.25. The number of nitrogens with zero attached hydrogens (tertiary/aromatic N) is 4. The molecule has 0 aromatic carbocycles. The summed E-state index contributed by atoms with van der Waals surface area (Å²) in [5.74, 6) is -10.7. The molecule has 0 saturated carbocycles. The molecular weight excluding hydrogens is 1340 g/mol. The van der Waals surface area contributed by atoms with E-state index in [2.05, 4.69) is 10.3 Å². The van der Waals surface area contributed by atoms with Crippen molar-refractivity contribution in [2.24, 2.45) is 41.4 Å². The van der Waals surface area contributed by atoms with Gasteiger partial charge >= 0.3 is 47.8 Å². The molecule has 0 radical (unpaired) electrons. The fraction of sp³-hybridized carbons (Fsp3) is 0.803. The van der Waals surface area contributed by atoms with Crippen LogP contribution >= 0.6 is 23.2 Å². The van der Waals surface area contributed by atoms with E-state index in [9.17, 15) is 43.2 Å². The molecule has 1 aromatic heterocycles. The molecular formula is C66H98Cl2N4O26. The highest BCUT2D eigenvalue weighted by Crippen LogP contribution is 2.46. The predicted molar refractivity (Wildman–Crippen MR) is 339 cm³/mol. The first-order valence-corrected chi connectivity index (χ1v) is 34.3. The molecule has 6 aliphatic rings. The molecule has 27 atom stereocenters. The fourth-order valence-electron chi connectivity index (χ4n) is 13.9. The molecule has 1 aromatic rings. The number of hydrogen-bond donors (Lipinski definition) is 0. The van der Waals surface area contributed by atoms with E-state index in [4.69, 9.17) is 104 Å². The van der Waals surface area contributed by atoms with E-state index in [-0.39, 0.29) is 62.3 Å². The highest BCUT2D eigenvalue weighted by molar-refractivity contribution is 6.21. The van der Waals surface area contributed by atoms with Crippen LogP contribution in [0.4, 0.5) is 0 Å². The maximum Gasteiger partial charge on any atom is 0.303 e. The number of ether oxygens (including phenoxy) is 17. The van der Waals surface area contributed by atoms with Crippen molar-refractivity contribution < 1.29 is 124 Å². The normalized spacial score (nSPS) is 37.9. The number of alkyl halides is 2. The maximum atomic E-state index is 13.9. The Morgan fingerprint density at radius 3 is 1.67 bits per heavy atom. The van der Waals surface area contributed by atoms with Gasteiger partial charge in [-0.2, -0.15) is 0 Å². The Morgan fingerprint density at radius 2 is 1.11 bits per heavy atom. The van der Waals surface area contributed by atoms with Crippen LogP contribution in [-0.2, 0) is 137 Å². The van der Waals surface area contributed by atoms with Gasteiger partial charge in [0.15, 0.2) is 43.3 Å². The molecule has 30 nitrogen and oxygen atoms in total. The molecule has 6 heterocycles. The topological polar surface area (TPSA) is 344 Å². The lowest BCUT2D eigenvalue weighted by Gasteiger charge is -2.51. The Hall–Kier alpha value is -5.67. The molecule has 1 amide bonds. The minimum Gasteiger partial charge on any atom is -0.463 e. The lowest BCUT2D eigenvalue weighted by atomic mass is 9.75. The quantitative estimate of drug-likeness (QED) is 0.0473. The van der Waals surface area contributed by atoms with Crippen molar-refractivity contribution in [3.8, 4) is 0 Å². The van der Waals surface area contributed by atoms with Gasteiger partial charge in [-0.15, -0.1) is 28.3 Å². The van der Waals surface area contributed by atoms with Gasteiger partial charge in [0, 0.05) is 91.9 Å². The van der Waals surface area contributed by atoms with Gasteiger partial charge in [0.25, 0.3) is 0 Å². The van der Waals surface area contributed by atoms with Crippen LogP contribution in [0, 0.1) is 41.4 Å². The van der Waals surface area contributed by atoms with E-state index < -0.39 is 199 Å². The summed E-state index contributed by atoms with van der Waals surface area (Å²) in [4.78, 5) is 115. The number of aromatic nitrogens is 3. The average Bonchev–Trinajstić information content (AvgIpc) is 0.840. The van der Waals surface area contributed by atoms with Crippen LogP contribution < -0.4 is 0 Å². The number of halogens is 2. The van der Waals surface area contributed by atoms with Gasteiger partial charge in [-0.3, -0.25) is 43.2 Å². The maximum absolute atomic E-state index is 13.9. The van der Waals surface area contributed by atoms with Crippen molar-refractivity contribution in [3.05, 3.63) is 23.5 Å². The second kappa shape index (κ2) is 34.8. The number of esters is 8. The van der Waals surface area contributed by atoms with Crippen LogP contribution in [0.5, 0.6) is 0 Å². The minimum absolute atomic E-state index is 0.00538. The zero-order valence-electron chi connectivity index (χ0n) is 59.0. The standard InChI is InChI=1S/C66H98Cl2N4O26/c1-19-50-54(68)59(89-43(16)79)60(90-44(17)80)65(92-50)98-66(28-67)61(91-45(18)81)34(7)51(97-66)23-71-22-47(69-70-71)25-85-64-58(88-42(15)78)35(8)57(53(94-64)27-84-40(13)76)96-63-33(6)32(5)56(52(93-63)26-83-39(12)75)95-62-29(2)20-48(36(9)86-62)72(37(10)73)49-21-46(24-82-38(11)74)30(3)31(4)55(49)87-41(14)77/h21-22,29-36,48-65H,19-20,23-28H2,1-18H3/t29?,30-,31-,32+,33?,34+,35-,36?,48-,49-,50+,51+,52?,53?,54-,55+,56-,57-,58?,59-,60+,61-,62+,63+,64+,65-,66-/m0/s1. The molecule has 552 valence electrons. The summed E-state index contributed by atoms with van der Waals surface area (Å²) in [6.45, 7) is 27.2. The van der Waals surface area contributed by atoms with Crippen LogP contribution in [0.15, 0.2) is 17.8 Å².